The molecule has 1 aromatic carbocycles. The molecule has 1 aliphatic rings. The monoisotopic (exact) mass is 277 g/mol. The van der Waals surface area contributed by atoms with E-state index in [-0.39, 0.29) is 24.9 Å². The summed E-state index contributed by atoms with van der Waals surface area (Å²) in [6.45, 7) is 2.55. The average molecular weight is 277 g/mol. The maximum Gasteiger partial charge on any atom is 0.305 e. The Labute approximate surface area is 117 Å². The highest BCUT2D eigenvalue weighted by Crippen LogP contribution is 2.25. The molecule has 5 nitrogen and oxygen atoms in total. The van der Waals surface area contributed by atoms with Crippen molar-refractivity contribution in [2.45, 2.75) is 31.2 Å². The minimum atomic E-state index is -0.928. The predicted octanol–water partition coefficient (Wildman–Crippen LogP) is 1.54. The largest absolute Gasteiger partial charge is 0.481 e. The molecule has 2 N–H and O–H groups in total. The van der Waals surface area contributed by atoms with Gasteiger partial charge in [-0.05, 0) is 18.9 Å². The molecule has 5 heteroatoms. The fourth-order valence-electron chi connectivity index (χ4n) is 2.44. The number of nitrogens with one attached hydrogen (secondary N) is 1. The molecule has 0 radical (unpaired) electrons. The van der Waals surface area contributed by atoms with E-state index in [9.17, 15) is 9.59 Å². The van der Waals surface area contributed by atoms with Crippen LogP contribution in [0.5, 0.6) is 0 Å². The summed E-state index contributed by atoms with van der Waals surface area (Å²) < 4.78 is 5.27. The van der Waals surface area contributed by atoms with Gasteiger partial charge in [-0.3, -0.25) is 9.59 Å². The van der Waals surface area contributed by atoms with Crippen molar-refractivity contribution in [2.75, 3.05) is 13.2 Å². The molecule has 0 spiro atoms. The summed E-state index contributed by atoms with van der Waals surface area (Å²) >= 11 is 0. The number of hydrogen-bond donors (Lipinski definition) is 2. The fraction of sp³-hybridized carbons (Fsp3) is 0.467. The van der Waals surface area contributed by atoms with Crippen LogP contribution in [-0.4, -0.2) is 35.7 Å². The van der Waals surface area contributed by atoms with E-state index in [1.165, 1.54) is 0 Å². The standard InChI is InChI=1S/C15H19NO4/c1-11(12-5-3-2-4-6-12)14(19)16-15(9-13(17)18)7-8-20-10-15/h2-6,11H,7-10H2,1H3,(H,16,19)(H,17,18)/t11-,15?/m0/s1. The molecule has 0 aromatic heterocycles. The summed E-state index contributed by atoms with van der Waals surface area (Å²) in [6.07, 6.45) is 0.423. The third-order valence-electron chi connectivity index (χ3n) is 3.67. The maximum absolute atomic E-state index is 12.3. The number of carbonyl (C=O) groups is 2. The quantitative estimate of drug-likeness (QED) is 0.856. The predicted molar refractivity (Wildman–Crippen MR) is 73.4 cm³/mol. The Morgan fingerprint density at radius 1 is 1.40 bits per heavy atom. The van der Waals surface area contributed by atoms with Crippen molar-refractivity contribution in [1.29, 1.82) is 0 Å². The van der Waals surface area contributed by atoms with Crippen molar-refractivity contribution in [3.63, 3.8) is 0 Å². The molecule has 1 aliphatic heterocycles. The Bertz CT molecular complexity index is 480. The van der Waals surface area contributed by atoms with Gasteiger partial charge in [-0.25, -0.2) is 0 Å². The van der Waals surface area contributed by atoms with E-state index >= 15 is 0 Å². The molecule has 108 valence electrons. The van der Waals surface area contributed by atoms with E-state index in [1.54, 1.807) is 0 Å². The minimum Gasteiger partial charge on any atom is -0.481 e. The van der Waals surface area contributed by atoms with E-state index in [2.05, 4.69) is 5.32 Å². The second kappa shape index (κ2) is 6.05. The van der Waals surface area contributed by atoms with E-state index in [1.807, 2.05) is 37.3 Å². The Hall–Kier alpha value is -1.88. The van der Waals surface area contributed by atoms with Gasteiger partial charge in [0, 0.05) is 6.61 Å². The fourth-order valence-corrected chi connectivity index (χ4v) is 2.44. The molecule has 1 amide bonds. The van der Waals surface area contributed by atoms with Crippen molar-refractivity contribution in [3.05, 3.63) is 35.9 Å². The minimum absolute atomic E-state index is 0.111. The number of amides is 1. The van der Waals surface area contributed by atoms with Gasteiger partial charge in [-0.2, -0.15) is 0 Å². The van der Waals surface area contributed by atoms with Crippen molar-refractivity contribution in [3.8, 4) is 0 Å². The zero-order valence-corrected chi connectivity index (χ0v) is 11.5. The summed E-state index contributed by atoms with van der Waals surface area (Å²) in [5.41, 5.74) is 0.140. The van der Waals surface area contributed by atoms with E-state index in [4.69, 9.17) is 9.84 Å². The summed E-state index contributed by atoms with van der Waals surface area (Å²) in [5, 5.41) is 11.9. The zero-order valence-electron chi connectivity index (χ0n) is 11.5. The maximum atomic E-state index is 12.3. The van der Waals surface area contributed by atoms with E-state index in [0.29, 0.717) is 13.0 Å². The normalized spacial score (nSPS) is 23.2. The summed E-state index contributed by atoms with van der Waals surface area (Å²) in [4.78, 5) is 23.3. The lowest BCUT2D eigenvalue weighted by molar-refractivity contribution is -0.139. The molecule has 1 saturated heterocycles. The number of aliphatic carboxylic acids is 1. The Morgan fingerprint density at radius 3 is 2.65 bits per heavy atom. The number of carboxylic acid groups (broad SMARTS) is 1. The van der Waals surface area contributed by atoms with Crippen molar-refractivity contribution in [1.82, 2.24) is 5.32 Å². The van der Waals surface area contributed by atoms with Crippen LogP contribution >= 0.6 is 0 Å². The molecule has 1 heterocycles. The smallest absolute Gasteiger partial charge is 0.305 e. The molecule has 20 heavy (non-hydrogen) atoms. The van der Waals surface area contributed by atoms with Gasteiger partial charge in [-0.15, -0.1) is 0 Å². The van der Waals surface area contributed by atoms with Crippen LogP contribution in [0.2, 0.25) is 0 Å². The molecular weight excluding hydrogens is 258 g/mol. The molecule has 1 unspecified atom stereocenters. The van der Waals surface area contributed by atoms with Gasteiger partial charge in [0.25, 0.3) is 0 Å². The first-order chi connectivity index (χ1) is 9.52. The van der Waals surface area contributed by atoms with Crippen LogP contribution in [0.15, 0.2) is 30.3 Å². The number of hydrogen-bond acceptors (Lipinski definition) is 3. The lowest BCUT2D eigenvalue weighted by atomic mass is 9.92. The molecule has 2 atom stereocenters. The molecule has 1 fully saturated rings. The number of carboxylic acids is 1. The van der Waals surface area contributed by atoms with Crippen molar-refractivity contribution < 1.29 is 19.4 Å². The van der Waals surface area contributed by atoms with Crippen LogP contribution in [0.1, 0.15) is 31.2 Å². The van der Waals surface area contributed by atoms with Gasteiger partial charge >= 0.3 is 5.97 Å². The van der Waals surface area contributed by atoms with Gasteiger partial charge < -0.3 is 15.2 Å². The second-order valence-corrected chi connectivity index (χ2v) is 5.28. The summed E-state index contributed by atoms with van der Waals surface area (Å²) in [7, 11) is 0. The number of ether oxygens (including phenoxy) is 1. The Balaban J connectivity index is 2.07. The van der Waals surface area contributed by atoms with Gasteiger partial charge in [0.1, 0.15) is 0 Å². The SMILES string of the molecule is C[C@H](C(=O)NC1(CC(=O)O)CCOC1)c1ccccc1. The highest BCUT2D eigenvalue weighted by atomic mass is 16.5. The van der Waals surface area contributed by atoms with Crippen molar-refractivity contribution in [2.24, 2.45) is 0 Å². The molecule has 0 aliphatic carbocycles. The van der Waals surface area contributed by atoms with Crippen LogP contribution in [0, 0.1) is 0 Å². The van der Waals surface area contributed by atoms with Crippen LogP contribution < -0.4 is 5.32 Å². The third kappa shape index (κ3) is 3.36. The van der Waals surface area contributed by atoms with Gasteiger partial charge in [0.15, 0.2) is 0 Å². The molecule has 0 saturated carbocycles. The molecule has 0 bridgehead atoms. The van der Waals surface area contributed by atoms with Crippen LogP contribution in [-0.2, 0) is 14.3 Å². The van der Waals surface area contributed by atoms with Gasteiger partial charge in [0.2, 0.25) is 5.91 Å². The average Bonchev–Trinajstić information content (AvgIpc) is 2.86. The molecule has 1 aromatic rings. The third-order valence-corrected chi connectivity index (χ3v) is 3.67. The first-order valence-corrected chi connectivity index (χ1v) is 6.69. The number of benzene rings is 1. The van der Waals surface area contributed by atoms with Crippen LogP contribution in [0.25, 0.3) is 0 Å². The van der Waals surface area contributed by atoms with Gasteiger partial charge in [0.05, 0.1) is 24.5 Å². The van der Waals surface area contributed by atoms with Gasteiger partial charge in [-0.1, -0.05) is 30.3 Å². The lowest BCUT2D eigenvalue weighted by Gasteiger charge is -2.28. The first kappa shape index (κ1) is 14.5. The number of carbonyl (C=O) groups excluding carboxylic acids is 1. The summed E-state index contributed by atoms with van der Waals surface area (Å²) in [6, 6.07) is 9.43. The zero-order chi connectivity index (χ0) is 14.6. The summed E-state index contributed by atoms with van der Waals surface area (Å²) in [5.74, 6) is -1.41. The Kier molecular flexibility index (Phi) is 4.39. The number of rotatable bonds is 5. The molecule has 2 rings (SSSR count). The second-order valence-electron chi connectivity index (χ2n) is 5.28. The Morgan fingerprint density at radius 2 is 2.10 bits per heavy atom. The van der Waals surface area contributed by atoms with E-state index < -0.39 is 11.5 Å². The highest BCUT2D eigenvalue weighted by molar-refractivity contribution is 5.84. The van der Waals surface area contributed by atoms with Crippen molar-refractivity contribution >= 4 is 11.9 Å². The lowest BCUT2D eigenvalue weighted by Crippen LogP contribution is -2.51. The van der Waals surface area contributed by atoms with Crippen LogP contribution in [0.3, 0.4) is 0 Å². The van der Waals surface area contributed by atoms with E-state index in [0.717, 1.165) is 5.56 Å². The van der Waals surface area contributed by atoms with Crippen LogP contribution in [0.4, 0.5) is 0 Å². The molecular formula is C15H19NO4. The first-order valence-electron chi connectivity index (χ1n) is 6.69. The topological polar surface area (TPSA) is 75.6 Å². The highest BCUT2D eigenvalue weighted by Gasteiger charge is 2.39.